The van der Waals surface area contributed by atoms with E-state index in [-0.39, 0.29) is 0 Å². The molecule has 90 valence electrons. The second kappa shape index (κ2) is 5.34. The molecule has 0 saturated heterocycles. The third-order valence-corrected chi connectivity index (χ3v) is 3.13. The second-order valence-electron chi connectivity index (χ2n) is 4.45. The summed E-state index contributed by atoms with van der Waals surface area (Å²) >= 11 is 0. The number of nitrogens with one attached hydrogen (secondary N) is 1. The van der Waals surface area contributed by atoms with Gasteiger partial charge in [0.15, 0.2) is 0 Å². The van der Waals surface area contributed by atoms with Crippen LogP contribution in [-0.4, -0.2) is 29.5 Å². The van der Waals surface area contributed by atoms with Gasteiger partial charge in [0.1, 0.15) is 5.82 Å². The lowest BCUT2D eigenvalue weighted by Gasteiger charge is -2.15. The highest BCUT2D eigenvalue weighted by Crippen LogP contribution is 2.35. The Bertz CT molecular complexity index is 320. The summed E-state index contributed by atoms with van der Waals surface area (Å²) in [5, 5.41) is 7.99. The van der Waals surface area contributed by atoms with E-state index in [2.05, 4.69) is 17.3 Å². The summed E-state index contributed by atoms with van der Waals surface area (Å²) in [6, 6.07) is 2.64. The molecule has 16 heavy (non-hydrogen) atoms. The number of hydrogen-bond acceptors (Lipinski definition) is 3. The first kappa shape index (κ1) is 11.5. The fourth-order valence-corrected chi connectivity index (χ4v) is 1.99. The van der Waals surface area contributed by atoms with Crippen molar-refractivity contribution in [2.75, 3.05) is 19.0 Å². The first-order valence-electron chi connectivity index (χ1n) is 6.12. The molecule has 1 fully saturated rings. The van der Waals surface area contributed by atoms with Gasteiger partial charge < -0.3 is 10.1 Å². The smallest absolute Gasteiger partial charge is 0.148 e. The number of rotatable bonds is 7. The van der Waals surface area contributed by atoms with Gasteiger partial charge in [0, 0.05) is 25.4 Å². The number of ether oxygens (including phenoxy) is 1. The highest BCUT2D eigenvalue weighted by atomic mass is 16.5. The van der Waals surface area contributed by atoms with Crippen molar-refractivity contribution in [1.82, 2.24) is 9.78 Å². The van der Waals surface area contributed by atoms with E-state index in [1.807, 2.05) is 16.9 Å². The van der Waals surface area contributed by atoms with Crippen LogP contribution in [0.2, 0.25) is 0 Å². The second-order valence-corrected chi connectivity index (χ2v) is 4.45. The van der Waals surface area contributed by atoms with Crippen molar-refractivity contribution < 1.29 is 4.74 Å². The molecule has 0 radical (unpaired) electrons. The molecule has 1 atom stereocenters. The number of aromatic nitrogens is 2. The van der Waals surface area contributed by atoms with Crippen molar-refractivity contribution in [2.45, 2.75) is 38.8 Å². The topological polar surface area (TPSA) is 39.1 Å². The largest absolute Gasteiger partial charge is 0.383 e. The van der Waals surface area contributed by atoms with E-state index in [0.29, 0.717) is 12.6 Å². The van der Waals surface area contributed by atoms with Crippen LogP contribution in [0.25, 0.3) is 0 Å². The molecular weight excluding hydrogens is 202 g/mol. The van der Waals surface area contributed by atoms with Crippen molar-refractivity contribution in [3.63, 3.8) is 0 Å². The summed E-state index contributed by atoms with van der Waals surface area (Å²) in [6.07, 6.45) is 5.92. The fourth-order valence-electron chi connectivity index (χ4n) is 1.99. The highest BCUT2D eigenvalue weighted by Gasteiger charge is 2.30. The molecule has 1 aliphatic carbocycles. The maximum atomic E-state index is 5.02. The van der Waals surface area contributed by atoms with Gasteiger partial charge in [0.2, 0.25) is 0 Å². The average Bonchev–Trinajstić information content (AvgIpc) is 3.04. The molecule has 1 saturated carbocycles. The maximum absolute atomic E-state index is 5.02. The third-order valence-electron chi connectivity index (χ3n) is 3.13. The summed E-state index contributed by atoms with van der Waals surface area (Å²) in [4.78, 5) is 0. The van der Waals surface area contributed by atoms with Gasteiger partial charge in [-0.15, -0.1) is 0 Å². The SMILES string of the molecule is CCC(Nc1ccn(CCOC)n1)C1CC1. The number of hydrogen-bond donors (Lipinski definition) is 1. The molecule has 0 bridgehead atoms. The van der Waals surface area contributed by atoms with Crippen molar-refractivity contribution in [3.8, 4) is 0 Å². The van der Waals surface area contributed by atoms with E-state index < -0.39 is 0 Å². The lowest BCUT2D eigenvalue weighted by Crippen LogP contribution is -2.21. The molecular formula is C12H21N3O. The minimum atomic E-state index is 0.603. The molecule has 1 N–H and O–H groups in total. The molecule has 0 spiro atoms. The predicted molar refractivity (Wildman–Crippen MR) is 64.5 cm³/mol. The molecule has 1 unspecified atom stereocenters. The summed E-state index contributed by atoms with van der Waals surface area (Å²) in [5.74, 6) is 1.86. The van der Waals surface area contributed by atoms with E-state index in [1.54, 1.807) is 7.11 Å². The van der Waals surface area contributed by atoms with Crippen molar-refractivity contribution in [3.05, 3.63) is 12.3 Å². The summed E-state index contributed by atoms with van der Waals surface area (Å²) in [7, 11) is 1.71. The Balaban J connectivity index is 1.85. The van der Waals surface area contributed by atoms with Gasteiger partial charge >= 0.3 is 0 Å². The van der Waals surface area contributed by atoms with Gasteiger partial charge in [0.25, 0.3) is 0 Å². The Hall–Kier alpha value is -1.03. The molecule has 2 rings (SSSR count). The van der Waals surface area contributed by atoms with Crippen LogP contribution >= 0.6 is 0 Å². The van der Waals surface area contributed by atoms with Crippen molar-refractivity contribution >= 4 is 5.82 Å². The predicted octanol–water partition coefficient (Wildman–Crippen LogP) is 2.13. The first-order valence-corrected chi connectivity index (χ1v) is 6.12. The Kier molecular flexibility index (Phi) is 3.83. The van der Waals surface area contributed by atoms with Crippen LogP contribution in [0.4, 0.5) is 5.82 Å². The van der Waals surface area contributed by atoms with Crippen LogP contribution in [0.1, 0.15) is 26.2 Å². The number of methoxy groups -OCH3 is 1. The lowest BCUT2D eigenvalue weighted by atomic mass is 10.1. The van der Waals surface area contributed by atoms with Gasteiger partial charge in [-0.1, -0.05) is 6.92 Å². The van der Waals surface area contributed by atoms with Crippen molar-refractivity contribution in [2.24, 2.45) is 5.92 Å². The van der Waals surface area contributed by atoms with Gasteiger partial charge in [-0.05, 0) is 25.2 Å². The van der Waals surface area contributed by atoms with Gasteiger partial charge in [-0.3, -0.25) is 4.68 Å². The molecule has 0 aromatic carbocycles. The molecule has 1 aromatic heterocycles. The lowest BCUT2D eigenvalue weighted by molar-refractivity contribution is 0.183. The molecule has 4 nitrogen and oxygen atoms in total. The summed E-state index contributed by atoms with van der Waals surface area (Å²) in [5.41, 5.74) is 0. The molecule has 1 aliphatic rings. The van der Waals surface area contributed by atoms with Crippen LogP contribution in [0, 0.1) is 5.92 Å². The average molecular weight is 223 g/mol. The fraction of sp³-hybridized carbons (Fsp3) is 0.750. The van der Waals surface area contributed by atoms with Gasteiger partial charge in [-0.2, -0.15) is 5.10 Å². The Labute approximate surface area is 97.0 Å². The Morgan fingerprint density at radius 3 is 3.06 bits per heavy atom. The Morgan fingerprint density at radius 1 is 1.62 bits per heavy atom. The highest BCUT2D eigenvalue weighted by molar-refractivity contribution is 5.34. The van der Waals surface area contributed by atoms with Crippen LogP contribution in [0.5, 0.6) is 0 Å². The molecule has 0 amide bonds. The molecule has 1 aromatic rings. The van der Waals surface area contributed by atoms with E-state index in [4.69, 9.17) is 4.74 Å². The van der Waals surface area contributed by atoms with Crippen LogP contribution in [0.3, 0.4) is 0 Å². The zero-order chi connectivity index (χ0) is 11.4. The van der Waals surface area contributed by atoms with E-state index in [1.165, 1.54) is 19.3 Å². The van der Waals surface area contributed by atoms with E-state index in [9.17, 15) is 0 Å². The quantitative estimate of drug-likeness (QED) is 0.769. The van der Waals surface area contributed by atoms with Crippen LogP contribution in [-0.2, 0) is 11.3 Å². The first-order chi connectivity index (χ1) is 7.83. The molecule has 4 heteroatoms. The van der Waals surface area contributed by atoms with E-state index >= 15 is 0 Å². The molecule has 1 heterocycles. The minimum absolute atomic E-state index is 0.603. The summed E-state index contributed by atoms with van der Waals surface area (Å²) < 4.78 is 6.95. The zero-order valence-electron chi connectivity index (χ0n) is 10.1. The third kappa shape index (κ3) is 2.98. The maximum Gasteiger partial charge on any atom is 0.148 e. The zero-order valence-corrected chi connectivity index (χ0v) is 10.1. The molecule has 0 aliphatic heterocycles. The van der Waals surface area contributed by atoms with Crippen molar-refractivity contribution in [1.29, 1.82) is 0 Å². The normalized spacial score (nSPS) is 17.4. The number of anilines is 1. The number of nitrogens with zero attached hydrogens (tertiary/aromatic N) is 2. The van der Waals surface area contributed by atoms with E-state index in [0.717, 1.165) is 18.3 Å². The standard InChI is InChI=1S/C12H21N3O/c1-3-11(10-4-5-10)13-12-6-7-15(14-12)8-9-16-2/h6-7,10-11H,3-5,8-9H2,1-2H3,(H,13,14). The Morgan fingerprint density at radius 2 is 2.44 bits per heavy atom. The monoisotopic (exact) mass is 223 g/mol. The van der Waals surface area contributed by atoms with Gasteiger partial charge in [0.05, 0.1) is 13.2 Å². The minimum Gasteiger partial charge on any atom is -0.383 e. The summed E-state index contributed by atoms with van der Waals surface area (Å²) in [6.45, 7) is 3.76. The van der Waals surface area contributed by atoms with Crippen LogP contribution in [0.15, 0.2) is 12.3 Å². The van der Waals surface area contributed by atoms with Crippen LogP contribution < -0.4 is 5.32 Å². The van der Waals surface area contributed by atoms with Gasteiger partial charge in [-0.25, -0.2) is 0 Å².